The van der Waals surface area contributed by atoms with Gasteiger partial charge in [-0.2, -0.15) is 0 Å². The Balaban J connectivity index is 2.06. The van der Waals surface area contributed by atoms with E-state index < -0.39 is 18.4 Å². The maximum atomic E-state index is 13.0. The van der Waals surface area contributed by atoms with Crippen molar-refractivity contribution in [2.45, 2.75) is 0 Å². The van der Waals surface area contributed by atoms with E-state index in [1.807, 2.05) is 0 Å². The zero-order valence-corrected chi connectivity index (χ0v) is 12.5. The first-order valence-corrected chi connectivity index (χ1v) is 7.23. The summed E-state index contributed by atoms with van der Waals surface area (Å²) in [5.41, 5.74) is 0.820. The van der Waals surface area contributed by atoms with Gasteiger partial charge in [-0.3, -0.25) is 4.79 Å². The fourth-order valence-electron chi connectivity index (χ4n) is 2.49. The molecule has 3 aromatic rings. The maximum Gasteiger partial charge on any atom is 0.341 e. The third-order valence-electron chi connectivity index (χ3n) is 3.59. The minimum absolute atomic E-state index is 0.240. The number of hydrogen-bond donors (Lipinski definition) is 1. The van der Waals surface area contributed by atoms with Gasteiger partial charge >= 0.3 is 5.97 Å². The number of aliphatic carboxylic acids is 1. The standard InChI is InChI=1S/C19H13FO4/c20-13-7-5-12(6-8-13)19(23)16-9-10-17(24-11-18(21)22)15-4-2-1-3-14(15)16/h1-10H,11H2,(H,21,22). The lowest BCUT2D eigenvalue weighted by atomic mass is 9.97. The van der Waals surface area contributed by atoms with Gasteiger partial charge in [0.2, 0.25) is 0 Å². The van der Waals surface area contributed by atoms with E-state index in [-0.39, 0.29) is 5.78 Å². The van der Waals surface area contributed by atoms with E-state index in [0.29, 0.717) is 27.6 Å². The van der Waals surface area contributed by atoms with Gasteiger partial charge in [-0.25, -0.2) is 9.18 Å². The second-order valence-corrected chi connectivity index (χ2v) is 5.18. The molecule has 0 unspecified atom stereocenters. The molecule has 0 spiro atoms. The number of carbonyl (C=O) groups is 2. The number of fused-ring (bicyclic) bond motifs is 1. The molecule has 5 heteroatoms. The van der Waals surface area contributed by atoms with Crippen molar-refractivity contribution >= 4 is 22.5 Å². The number of ketones is 1. The van der Waals surface area contributed by atoms with Crippen molar-refractivity contribution in [2.75, 3.05) is 6.61 Å². The topological polar surface area (TPSA) is 63.6 Å². The normalized spacial score (nSPS) is 10.5. The highest BCUT2D eigenvalue weighted by Crippen LogP contribution is 2.30. The van der Waals surface area contributed by atoms with Gasteiger partial charge in [-0.05, 0) is 41.8 Å². The van der Waals surface area contributed by atoms with Crippen LogP contribution in [0.1, 0.15) is 15.9 Å². The number of carboxylic acid groups (broad SMARTS) is 1. The van der Waals surface area contributed by atoms with Crippen molar-refractivity contribution < 1.29 is 23.8 Å². The number of carboxylic acids is 1. The van der Waals surface area contributed by atoms with E-state index in [0.717, 1.165) is 0 Å². The van der Waals surface area contributed by atoms with Crippen molar-refractivity contribution in [3.63, 3.8) is 0 Å². The Morgan fingerprint density at radius 1 is 0.917 bits per heavy atom. The van der Waals surface area contributed by atoms with E-state index in [9.17, 15) is 14.0 Å². The SMILES string of the molecule is O=C(O)COc1ccc(C(=O)c2ccc(F)cc2)c2ccccc12. The molecule has 0 aliphatic carbocycles. The molecule has 1 N–H and O–H groups in total. The Morgan fingerprint density at radius 3 is 2.25 bits per heavy atom. The highest BCUT2D eigenvalue weighted by molar-refractivity contribution is 6.17. The van der Waals surface area contributed by atoms with Crippen LogP contribution in [0.15, 0.2) is 60.7 Å². The predicted octanol–water partition coefficient (Wildman–Crippen LogP) is 3.67. The third-order valence-corrected chi connectivity index (χ3v) is 3.59. The Kier molecular flexibility index (Phi) is 4.24. The Bertz CT molecular complexity index is 916. The summed E-state index contributed by atoms with van der Waals surface area (Å²) in [7, 11) is 0. The summed E-state index contributed by atoms with van der Waals surface area (Å²) in [6.45, 7) is -0.463. The van der Waals surface area contributed by atoms with Gasteiger partial charge in [0, 0.05) is 16.5 Å². The summed E-state index contributed by atoms with van der Waals surface area (Å²) in [4.78, 5) is 23.4. The van der Waals surface area contributed by atoms with Crippen molar-refractivity contribution in [3.05, 3.63) is 77.6 Å². The molecule has 0 fully saturated rings. The summed E-state index contributed by atoms with van der Waals surface area (Å²) in [5, 5.41) is 10.0. The monoisotopic (exact) mass is 324 g/mol. The molecule has 120 valence electrons. The molecule has 0 aliphatic heterocycles. The number of rotatable bonds is 5. The predicted molar refractivity (Wildman–Crippen MR) is 86.9 cm³/mol. The molecule has 0 saturated carbocycles. The highest BCUT2D eigenvalue weighted by atomic mass is 19.1. The Labute approximate surface area is 137 Å². The first kappa shape index (κ1) is 15.7. The minimum Gasteiger partial charge on any atom is -0.481 e. The van der Waals surface area contributed by atoms with Crippen LogP contribution < -0.4 is 4.74 Å². The summed E-state index contributed by atoms with van der Waals surface area (Å²) < 4.78 is 18.3. The van der Waals surface area contributed by atoms with Gasteiger partial charge in [-0.15, -0.1) is 0 Å². The van der Waals surface area contributed by atoms with Gasteiger partial charge < -0.3 is 9.84 Å². The second kappa shape index (κ2) is 6.50. The zero-order valence-electron chi connectivity index (χ0n) is 12.5. The van der Waals surface area contributed by atoms with Crippen molar-refractivity contribution in [1.29, 1.82) is 0 Å². The van der Waals surface area contributed by atoms with Crippen LogP contribution in [0.5, 0.6) is 5.75 Å². The molecule has 0 bridgehead atoms. The average Bonchev–Trinajstić information content (AvgIpc) is 2.59. The average molecular weight is 324 g/mol. The number of hydrogen-bond acceptors (Lipinski definition) is 3. The van der Waals surface area contributed by atoms with E-state index in [4.69, 9.17) is 9.84 Å². The van der Waals surface area contributed by atoms with Crippen molar-refractivity contribution in [1.82, 2.24) is 0 Å². The molecule has 0 atom stereocenters. The van der Waals surface area contributed by atoms with Crippen LogP contribution in [0.3, 0.4) is 0 Å². The number of benzene rings is 3. The highest BCUT2D eigenvalue weighted by Gasteiger charge is 2.15. The summed E-state index contributed by atoms with van der Waals surface area (Å²) in [5.74, 6) is -1.33. The number of ether oxygens (including phenoxy) is 1. The Hall–Kier alpha value is -3.21. The molecule has 3 rings (SSSR count). The van der Waals surface area contributed by atoms with Gasteiger partial charge in [0.25, 0.3) is 0 Å². The second-order valence-electron chi connectivity index (χ2n) is 5.18. The third kappa shape index (κ3) is 3.10. The van der Waals surface area contributed by atoms with Crippen molar-refractivity contribution in [3.8, 4) is 5.75 Å². The van der Waals surface area contributed by atoms with Crippen LogP contribution >= 0.6 is 0 Å². The van der Waals surface area contributed by atoms with Gasteiger partial charge in [0.05, 0.1) is 0 Å². The number of carbonyl (C=O) groups excluding carboxylic acids is 1. The molecule has 0 saturated heterocycles. The molecule has 0 heterocycles. The molecule has 0 aromatic heterocycles. The van der Waals surface area contributed by atoms with Crippen LogP contribution in [-0.2, 0) is 4.79 Å². The fraction of sp³-hybridized carbons (Fsp3) is 0.0526. The number of halogens is 1. The van der Waals surface area contributed by atoms with Crippen LogP contribution in [0.25, 0.3) is 10.8 Å². The molecule has 4 nitrogen and oxygen atoms in total. The summed E-state index contributed by atoms with van der Waals surface area (Å²) in [6, 6.07) is 15.6. The van der Waals surface area contributed by atoms with Crippen LogP contribution in [-0.4, -0.2) is 23.5 Å². The molecular weight excluding hydrogens is 311 g/mol. The van der Waals surface area contributed by atoms with E-state index in [2.05, 4.69) is 0 Å². The van der Waals surface area contributed by atoms with Crippen molar-refractivity contribution in [2.24, 2.45) is 0 Å². The lowest BCUT2D eigenvalue weighted by Crippen LogP contribution is -2.10. The zero-order chi connectivity index (χ0) is 17.1. The summed E-state index contributed by atoms with van der Waals surface area (Å²) in [6.07, 6.45) is 0. The first-order valence-electron chi connectivity index (χ1n) is 7.23. The maximum absolute atomic E-state index is 13.0. The Morgan fingerprint density at radius 2 is 1.58 bits per heavy atom. The molecule has 0 radical (unpaired) electrons. The van der Waals surface area contributed by atoms with Gasteiger partial charge in [0.15, 0.2) is 12.4 Å². The summed E-state index contributed by atoms with van der Waals surface area (Å²) >= 11 is 0. The van der Waals surface area contributed by atoms with Gasteiger partial charge in [0.1, 0.15) is 11.6 Å². The van der Waals surface area contributed by atoms with E-state index in [1.54, 1.807) is 36.4 Å². The van der Waals surface area contributed by atoms with Gasteiger partial charge in [-0.1, -0.05) is 24.3 Å². The minimum atomic E-state index is -1.08. The molecular formula is C19H13FO4. The molecule has 3 aromatic carbocycles. The molecule has 0 amide bonds. The largest absolute Gasteiger partial charge is 0.481 e. The fourth-order valence-corrected chi connectivity index (χ4v) is 2.49. The quantitative estimate of drug-likeness (QED) is 0.727. The molecule has 24 heavy (non-hydrogen) atoms. The lowest BCUT2D eigenvalue weighted by Gasteiger charge is -2.11. The lowest BCUT2D eigenvalue weighted by molar-refractivity contribution is -0.139. The van der Waals surface area contributed by atoms with Crippen LogP contribution in [0.4, 0.5) is 4.39 Å². The first-order chi connectivity index (χ1) is 11.6. The van der Waals surface area contributed by atoms with E-state index >= 15 is 0 Å². The smallest absolute Gasteiger partial charge is 0.341 e. The van der Waals surface area contributed by atoms with Crippen LogP contribution in [0, 0.1) is 5.82 Å². The van der Waals surface area contributed by atoms with E-state index in [1.165, 1.54) is 24.3 Å². The molecule has 0 aliphatic rings. The van der Waals surface area contributed by atoms with Crippen LogP contribution in [0.2, 0.25) is 0 Å².